The van der Waals surface area contributed by atoms with Gasteiger partial charge in [-0.05, 0) is 24.1 Å². The Morgan fingerprint density at radius 2 is 1.89 bits per heavy atom. The molecule has 140 valence electrons. The molecule has 1 fully saturated rings. The highest BCUT2D eigenvalue weighted by Gasteiger charge is 2.18. The minimum atomic E-state index is -0.427. The summed E-state index contributed by atoms with van der Waals surface area (Å²) in [6.45, 7) is 6.45. The van der Waals surface area contributed by atoms with Crippen LogP contribution in [0.25, 0.3) is 11.4 Å². The van der Waals surface area contributed by atoms with E-state index < -0.39 is 6.04 Å². The molecule has 4 rings (SSSR count). The maximum Gasteiger partial charge on any atom is 0.248 e. The molecule has 3 aromatic rings. The fourth-order valence-electron chi connectivity index (χ4n) is 3.22. The summed E-state index contributed by atoms with van der Waals surface area (Å²) in [5.41, 5.74) is 10.6. The van der Waals surface area contributed by atoms with E-state index in [0.29, 0.717) is 11.7 Å². The van der Waals surface area contributed by atoms with E-state index in [9.17, 15) is 0 Å². The Morgan fingerprint density at radius 3 is 2.67 bits per heavy atom. The first kappa shape index (κ1) is 17.9. The molecule has 1 saturated heterocycles. The van der Waals surface area contributed by atoms with Crippen molar-refractivity contribution in [3.05, 3.63) is 71.1 Å². The minimum Gasteiger partial charge on any atom is -0.379 e. The number of hydrogen-bond donors (Lipinski definition) is 1. The van der Waals surface area contributed by atoms with Crippen LogP contribution in [0.1, 0.15) is 28.6 Å². The van der Waals surface area contributed by atoms with Gasteiger partial charge in [0.2, 0.25) is 11.7 Å². The molecule has 1 aromatic heterocycles. The topological polar surface area (TPSA) is 77.4 Å². The van der Waals surface area contributed by atoms with E-state index in [2.05, 4.69) is 27.2 Å². The van der Waals surface area contributed by atoms with E-state index in [4.69, 9.17) is 15.0 Å². The van der Waals surface area contributed by atoms with E-state index in [0.717, 1.165) is 44.0 Å². The summed E-state index contributed by atoms with van der Waals surface area (Å²) in [6, 6.07) is 15.9. The zero-order chi connectivity index (χ0) is 18.6. The third-order valence-electron chi connectivity index (χ3n) is 4.84. The number of aromatic nitrogens is 2. The minimum absolute atomic E-state index is 0.424. The molecule has 0 saturated carbocycles. The fraction of sp³-hybridized carbons (Fsp3) is 0.333. The van der Waals surface area contributed by atoms with Crippen LogP contribution in [0.3, 0.4) is 0 Å². The van der Waals surface area contributed by atoms with Crippen LogP contribution >= 0.6 is 0 Å². The van der Waals surface area contributed by atoms with Gasteiger partial charge >= 0.3 is 0 Å². The quantitative estimate of drug-likeness (QED) is 0.750. The van der Waals surface area contributed by atoms with Crippen molar-refractivity contribution in [2.45, 2.75) is 19.5 Å². The standard InChI is InChI=1S/C21H24N4O2/c1-15-5-7-17(8-6-15)19(22)21-23-20(24-27-21)18-4-2-3-16(13-18)14-25-9-11-26-12-10-25/h2-8,13,19H,9-12,14,22H2,1H3. The van der Waals surface area contributed by atoms with Crippen LogP contribution in [-0.2, 0) is 11.3 Å². The Kier molecular flexibility index (Phi) is 5.29. The number of ether oxygens (including phenoxy) is 1. The van der Waals surface area contributed by atoms with Gasteiger partial charge in [-0.2, -0.15) is 4.98 Å². The summed E-state index contributed by atoms with van der Waals surface area (Å²) < 4.78 is 10.9. The van der Waals surface area contributed by atoms with Gasteiger partial charge in [-0.1, -0.05) is 53.2 Å². The number of hydrogen-bond acceptors (Lipinski definition) is 6. The van der Waals surface area contributed by atoms with Gasteiger partial charge in [-0.25, -0.2) is 0 Å². The van der Waals surface area contributed by atoms with Crippen molar-refractivity contribution < 1.29 is 9.26 Å². The molecule has 2 aromatic carbocycles. The average molecular weight is 364 g/mol. The SMILES string of the molecule is Cc1ccc(C(N)c2nc(-c3cccc(CN4CCOCC4)c3)no2)cc1. The van der Waals surface area contributed by atoms with Gasteiger partial charge in [0.05, 0.1) is 13.2 Å². The van der Waals surface area contributed by atoms with E-state index in [1.54, 1.807) is 0 Å². The number of morpholine rings is 1. The number of benzene rings is 2. The van der Waals surface area contributed by atoms with E-state index in [-0.39, 0.29) is 0 Å². The highest BCUT2D eigenvalue weighted by Crippen LogP contribution is 2.23. The molecule has 6 heteroatoms. The van der Waals surface area contributed by atoms with Crippen molar-refractivity contribution in [1.29, 1.82) is 0 Å². The summed E-state index contributed by atoms with van der Waals surface area (Å²) in [6.07, 6.45) is 0. The molecule has 0 spiro atoms. The van der Waals surface area contributed by atoms with Crippen LogP contribution in [0.2, 0.25) is 0 Å². The molecule has 0 amide bonds. The Balaban J connectivity index is 1.50. The van der Waals surface area contributed by atoms with Crippen LogP contribution in [-0.4, -0.2) is 41.3 Å². The lowest BCUT2D eigenvalue weighted by molar-refractivity contribution is 0.0342. The highest BCUT2D eigenvalue weighted by atomic mass is 16.5. The maximum absolute atomic E-state index is 6.30. The molecule has 1 unspecified atom stereocenters. The second-order valence-electron chi connectivity index (χ2n) is 6.93. The lowest BCUT2D eigenvalue weighted by Gasteiger charge is -2.26. The van der Waals surface area contributed by atoms with Gasteiger partial charge in [0.15, 0.2) is 0 Å². The smallest absolute Gasteiger partial charge is 0.248 e. The molecule has 0 aliphatic carbocycles. The van der Waals surface area contributed by atoms with Gasteiger partial charge in [0, 0.05) is 25.2 Å². The molecule has 1 atom stereocenters. The normalized spacial score (nSPS) is 16.4. The van der Waals surface area contributed by atoms with Gasteiger partial charge in [-0.3, -0.25) is 4.90 Å². The van der Waals surface area contributed by atoms with Gasteiger partial charge in [0.1, 0.15) is 6.04 Å². The molecule has 27 heavy (non-hydrogen) atoms. The summed E-state index contributed by atoms with van der Waals surface area (Å²) in [4.78, 5) is 6.92. The van der Waals surface area contributed by atoms with Crippen LogP contribution in [0, 0.1) is 6.92 Å². The van der Waals surface area contributed by atoms with Crippen molar-refractivity contribution in [2.24, 2.45) is 5.73 Å². The lowest BCUT2D eigenvalue weighted by atomic mass is 10.1. The summed E-state index contributed by atoms with van der Waals surface area (Å²) >= 11 is 0. The molecule has 0 radical (unpaired) electrons. The number of aryl methyl sites for hydroxylation is 1. The second kappa shape index (κ2) is 8.00. The van der Waals surface area contributed by atoms with E-state index in [1.165, 1.54) is 11.1 Å². The summed E-state index contributed by atoms with van der Waals surface area (Å²) in [5.74, 6) is 0.990. The van der Waals surface area contributed by atoms with Crippen molar-refractivity contribution in [2.75, 3.05) is 26.3 Å². The summed E-state index contributed by atoms with van der Waals surface area (Å²) in [5, 5.41) is 4.14. The summed E-state index contributed by atoms with van der Waals surface area (Å²) in [7, 11) is 0. The molecule has 6 nitrogen and oxygen atoms in total. The predicted molar refractivity (Wildman–Crippen MR) is 103 cm³/mol. The first-order valence-corrected chi connectivity index (χ1v) is 9.24. The number of nitrogens with two attached hydrogens (primary N) is 1. The fourth-order valence-corrected chi connectivity index (χ4v) is 3.22. The average Bonchev–Trinajstić information content (AvgIpc) is 3.19. The van der Waals surface area contributed by atoms with Crippen LogP contribution in [0.5, 0.6) is 0 Å². The largest absolute Gasteiger partial charge is 0.379 e. The third kappa shape index (κ3) is 4.24. The zero-order valence-corrected chi connectivity index (χ0v) is 15.5. The van der Waals surface area contributed by atoms with Crippen LogP contribution < -0.4 is 5.73 Å². The van der Waals surface area contributed by atoms with Crippen molar-refractivity contribution in [3.8, 4) is 11.4 Å². The van der Waals surface area contributed by atoms with Gasteiger partial charge in [-0.15, -0.1) is 0 Å². The lowest BCUT2D eigenvalue weighted by Crippen LogP contribution is -2.35. The molecule has 0 bridgehead atoms. The monoisotopic (exact) mass is 364 g/mol. The van der Waals surface area contributed by atoms with Crippen molar-refractivity contribution in [1.82, 2.24) is 15.0 Å². The van der Waals surface area contributed by atoms with Gasteiger partial charge in [0.25, 0.3) is 0 Å². The van der Waals surface area contributed by atoms with E-state index in [1.807, 2.05) is 43.3 Å². The Labute approximate surface area is 158 Å². The Hall–Kier alpha value is -2.54. The van der Waals surface area contributed by atoms with Crippen LogP contribution in [0.4, 0.5) is 0 Å². The zero-order valence-electron chi connectivity index (χ0n) is 15.5. The van der Waals surface area contributed by atoms with Crippen molar-refractivity contribution >= 4 is 0 Å². The number of rotatable bonds is 5. The Bertz CT molecular complexity index is 885. The predicted octanol–water partition coefficient (Wildman–Crippen LogP) is 2.93. The number of nitrogens with zero attached hydrogens (tertiary/aromatic N) is 3. The van der Waals surface area contributed by atoms with Crippen LogP contribution in [0.15, 0.2) is 53.1 Å². The third-order valence-corrected chi connectivity index (χ3v) is 4.84. The molecular formula is C21H24N4O2. The molecule has 2 heterocycles. The second-order valence-corrected chi connectivity index (χ2v) is 6.93. The first-order chi connectivity index (χ1) is 13.2. The van der Waals surface area contributed by atoms with Gasteiger partial charge < -0.3 is 15.0 Å². The highest BCUT2D eigenvalue weighted by molar-refractivity contribution is 5.55. The first-order valence-electron chi connectivity index (χ1n) is 9.24. The van der Waals surface area contributed by atoms with Crippen molar-refractivity contribution in [3.63, 3.8) is 0 Å². The molecule has 1 aliphatic rings. The molecule has 1 aliphatic heterocycles. The maximum atomic E-state index is 6.30. The molecular weight excluding hydrogens is 340 g/mol. The Morgan fingerprint density at radius 1 is 1.11 bits per heavy atom. The van der Waals surface area contributed by atoms with E-state index >= 15 is 0 Å². The molecule has 2 N–H and O–H groups in total.